The number of hydrogen-bond acceptors (Lipinski definition) is 3. The van der Waals surface area contributed by atoms with Crippen molar-refractivity contribution in [3.05, 3.63) is 54.4 Å². The highest BCUT2D eigenvalue weighted by molar-refractivity contribution is 5.89. The van der Waals surface area contributed by atoms with Gasteiger partial charge in [-0.2, -0.15) is 10.2 Å². The van der Waals surface area contributed by atoms with Gasteiger partial charge in [-0.25, -0.2) is 0 Å². The monoisotopic (exact) mass is 384 g/mol. The van der Waals surface area contributed by atoms with E-state index in [1.807, 2.05) is 22.9 Å². The Labute approximate surface area is 157 Å². The van der Waals surface area contributed by atoms with E-state index in [4.69, 9.17) is 5.10 Å². The van der Waals surface area contributed by atoms with Crippen LogP contribution < -0.4 is 4.74 Å². The van der Waals surface area contributed by atoms with Crippen molar-refractivity contribution in [1.29, 1.82) is 0 Å². The molecule has 5 rings (SSSR count). The van der Waals surface area contributed by atoms with E-state index in [0.29, 0.717) is 11.3 Å². The van der Waals surface area contributed by atoms with Gasteiger partial charge < -0.3 is 4.74 Å². The molecule has 4 aromatic rings. The second kappa shape index (κ2) is 6.12. The minimum atomic E-state index is -4.73. The molecule has 2 aromatic carbocycles. The van der Waals surface area contributed by atoms with Gasteiger partial charge in [0.1, 0.15) is 11.4 Å². The molecule has 0 radical (unpaired) electrons. The van der Waals surface area contributed by atoms with E-state index >= 15 is 0 Å². The van der Waals surface area contributed by atoms with Crippen LogP contribution in [0.25, 0.3) is 33.3 Å². The molecule has 0 unspecified atom stereocenters. The van der Waals surface area contributed by atoms with Crippen molar-refractivity contribution in [2.24, 2.45) is 0 Å². The highest BCUT2D eigenvalue weighted by atomic mass is 19.4. The third-order valence-electron chi connectivity index (χ3n) is 4.91. The lowest BCUT2D eigenvalue weighted by Crippen LogP contribution is -2.17. The van der Waals surface area contributed by atoms with Gasteiger partial charge in [0.15, 0.2) is 0 Å². The van der Waals surface area contributed by atoms with Gasteiger partial charge in [-0.15, -0.1) is 13.2 Å². The predicted molar refractivity (Wildman–Crippen MR) is 97.8 cm³/mol. The Hall–Kier alpha value is -3.29. The molecule has 0 atom stereocenters. The van der Waals surface area contributed by atoms with E-state index < -0.39 is 6.36 Å². The Morgan fingerprint density at radius 1 is 1.07 bits per heavy atom. The molecule has 0 saturated carbocycles. The summed E-state index contributed by atoms with van der Waals surface area (Å²) >= 11 is 0. The highest BCUT2D eigenvalue weighted by Gasteiger charge is 2.31. The number of alkyl halides is 3. The van der Waals surface area contributed by atoms with E-state index in [9.17, 15) is 13.2 Å². The molecule has 3 heterocycles. The van der Waals surface area contributed by atoms with Gasteiger partial charge in [0.2, 0.25) is 0 Å². The van der Waals surface area contributed by atoms with Crippen molar-refractivity contribution >= 4 is 10.9 Å². The topological polar surface area (TPSA) is 55.7 Å². The van der Waals surface area contributed by atoms with Gasteiger partial charge in [-0.3, -0.25) is 9.78 Å². The van der Waals surface area contributed by atoms with Crippen LogP contribution >= 0.6 is 0 Å². The number of aromatic amines is 1. The summed E-state index contributed by atoms with van der Waals surface area (Å²) in [6, 6.07) is 11.9. The Bertz CT molecular complexity index is 1180. The Morgan fingerprint density at radius 2 is 1.96 bits per heavy atom. The first-order valence-corrected chi connectivity index (χ1v) is 8.87. The maximum atomic E-state index is 12.6. The molecule has 1 aliphatic heterocycles. The number of aryl methyl sites for hydroxylation is 1. The summed E-state index contributed by atoms with van der Waals surface area (Å²) in [6.07, 6.45) is -1.11. The SMILES string of the molecule is FC(F)(F)Oc1cccc(-c2nn3c(c2-c2ccc4cn[nH]c4c2)CCC3)c1. The third kappa shape index (κ3) is 2.90. The molecule has 0 saturated heterocycles. The Morgan fingerprint density at radius 3 is 2.82 bits per heavy atom. The van der Waals surface area contributed by atoms with Crippen LogP contribution in [0.1, 0.15) is 12.1 Å². The molecule has 1 aliphatic rings. The number of hydrogen-bond donors (Lipinski definition) is 1. The fraction of sp³-hybridized carbons (Fsp3) is 0.200. The number of rotatable bonds is 3. The van der Waals surface area contributed by atoms with E-state index in [-0.39, 0.29) is 5.75 Å². The first-order valence-electron chi connectivity index (χ1n) is 8.87. The number of ether oxygens (including phenoxy) is 1. The van der Waals surface area contributed by atoms with Crippen molar-refractivity contribution in [2.75, 3.05) is 0 Å². The number of H-pyrrole nitrogens is 1. The lowest BCUT2D eigenvalue weighted by atomic mass is 9.97. The molecular formula is C20H15F3N4O. The average Bonchev–Trinajstić information content (AvgIpc) is 3.35. The molecule has 2 aromatic heterocycles. The first-order chi connectivity index (χ1) is 13.5. The normalized spacial score (nSPS) is 13.8. The molecule has 0 spiro atoms. The zero-order valence-corrected chi connectivity index (χ0v) is 14.6. The minimum absolute atomic E-state index is 0.256. The zero-order chi connectivity index (χ0) is 19.3. The summed E-state index contributed by atoms with van der Waals surface area (Å²) in [5, 5.41) is 12.7. The van der Waals surface area contributed by atoms with Crippen LogP contribution in [0.5, 0.6) is 5.75 Å². The van der Waals surface area contributed by atoms with Crippen molar-refractivity contribution in [1.82, 2.24) is 20.0 Å². The Balaban J connectivity index is 1.66. The number of halogens is 3. The highest BCUT2D eigenvalue weighted by Crippen LogP contribution is 2.39. The summed E-state index contributed by atoms with van der Waals surface area (Å²) in [7, 11) is 0. The summed E-state index contributed by atoms with van der Waals surface area (Å²) in [6.45, 7) is 0.799. The fourth-order valence-corrected chi connectivity index (χ4v) is 3.77. The molecule has 0 bridgehead atoms. The number of benzene rings is 2. The zero-order valence-electron chi connectivity index (χ0n) is 14.6. The number of aromatic nitrogens is 4. The van der Waals surface area contributed by atoms with E-state index in [2.05, 4.69) is 14.9 Å². The number of fused-ring (bicyclic) bond motifs is 2. The minimum Gasteiger partial charge on any atom is -0.406 e. The largest absolute Gasteiger partial charge is 0.573 e. The lowest BCUT2D eigenvalue weighted by Gasteiger charge is -2.10. The molecule has 28 heavy (non-hydrogen) atoms. The van der Waals surface area contributed by atoms with Crippen LogP contribution in [-0.2, 0) is 13.0 Å². The van der Waals surface area contributed by atoms with Crippen LogP contribution in [0, 0.1) is 0 Å². The molecule has 142 valence electrons. The first kappa shape index (κ1) is 16.9. The van der Waals surface area contributed by atoms with Crippen LogP contribution in [-0.4, -0.2) is 26.3 Å². The number of nitrogens with one attached hydrogen (secondary N) is 1. The van der Waals surface area contributed by atoms with Crippen molar-refractivity contribution < 1.29 is 17.9 Å². The summed E-state index contributed by atoms with van der Waals surface area (Å²) in [4.78, 5) is 0. The number of nitrogens with zero attached hydrogens (tertiary/aromatic N) is 3. The van der Waals surface area contributed by atoms with E-state index in [1.165, 1.54) is 12.1 Å². The second-order valence-corrected chi connectivity index (χ2v) is 6.74. The summed E-state index contributed by atoms with van der Waals surface area (Å²) in [5.41, 5.74) is 5.13. The fourth-order valence-electron chi connectivity index (χ4n) is 3.77. The summed E-state index contributed by atoms with van der Waals surface area (Å²) < 4.78 is 43.9. The molecule has 0 fully saturated rings. The van der Waals surface area contributed by atoms with E-state index in [1.54, 1.807) is 18.3 Å². The standard InChI is InChI=1S/C20H15F3N4O/c21-20(22,23)28-15-4-1-3-13(9-15)19-18(17-5-2-8-27(17)26-19)12-6-7-14-11-24-25-16(14)10-12/h1,3-4,6-7,9-11H,2,5,8H2,(H,24,25). The van der Waals surface area contributed by atoms with Gasteiger partial charge in [-0.05, 0) is 36.6 Å². The van der Waals surface area contributed by atoms with Gasteiger partial charge in [0, 0.05) is 28.8 Å². The van der Waals surface area contributed by atoms with Crippen LogP contribution in [0.3, 0.4) is 0 Å². The van der Waals surface area contributed by atoms with E-state index in [0.717, 1.165) is 47.1 Å². The van der Waals surface area contributed by atoms with Gasteiger partial charge in [0.05, 0.1) is 11.7 Å². The van der Waals surface area contributed by atoms with Gasteiger partial charge in [0.25, 0.3) is 0 Å². The van der Waals surface area contributed by atoms with Crippen molar-refractivity contribution in [2.45, 2.75) is 25.7 Å². The predicted octanol–water partition coefficient (Wildman–Crippen LogP) is 4.94. The van der Waals surface area contributed by atoms with Crippen LogP contribution in [0.15, 0.2) is 48.7 Å². The maximum Gasteiger partial charge on any atom is 0.573 e. The van der Waals surface area contributed by atoms with Crippen LogP contribution in [0.2, 0.25) is 0 Å². The van der Waals surface area contributed by atoms with Gasteiger partial charge >= 0.3 is 6.36 Å². The van der Waals surface area contributed by atoms with Crippen molar-refractivity contribution in [3.8, 4) is 28.1 Å². The van der Waals surface area contributed by atoms with Gasteiger partial charge in [-0.1, -0.05) is 24.3 Å². The second-order valence-electron chi connectivity index (χ2n) is 6.74. The molecule has 0 amide bonds. The lowest BCUT2D eigenvalue weighted by molar-refractivity contribution is -0.274. The smallest absolute Gasteiger partial charge is 0.406 e. The Kier molecular flexibility index (Phi) is 3.68. The molecule has 1 N–H and O–H groups in total. The van der Waals surface area contributed by atoms with Crippen molar-refractivity contribution in [3.63, 3.8) is 0 Å². The molecular weight excluding hydrogens is 369 g/mol. The van der Waals surface area contributed by atoms with Crippen LogP contribution in [0.4, 0.5) is 13.2 Å². The molecule has 5 nitrogen and oxygen atoms in total. The molecule has 0 aliphatic carbocycles. The summed E-state index contributed by atoms with van der Waals surface area (Å²) in [5.74, 6) is -0.256. The molecule has 8 heteroatoms. The third-order valence-corrected chi connectivity index (χ3v) is 4.91. The quantitative estimate of drug-likeness (QED) is 0.544. The average molecular weight is 384 g/mol. The maximum absolute atomic E-state index is 12.6.